The Labute approximate surface area is 101 Å². The van der Waals surface area contributed by atoms with Crippen LogP contribution in [0.2, 0.25) is 0 Å². The van der Waals surface area contributed by atoms with E-state index in [2.05, 4.69) is 16.8 Å². The molecule has 1 aromatic heterocycles. The number of hydrogen-bond donors (Lipinski definition) is 0. The molecule has 0 saturated carbocycles. The lowest BCUT2D eigenvalue weighted by Gasteiger charge is -2.07. The zero-order valence-electron chi connectivity index (χ0n) is 8.84. The summed E-state index contributed by atoms with van der Waals surface area (Å²) < 4.78 is 37.6. The van der Waals surface area contributed by atoms with Crippen molar-refractivity contribution in [1.82, 2.24) is 4.98 Å². The van der Waals surface area contributed by atoms with Gasteiger partial charge in [-0.1, -0.05) is 23.6 Å². The second-order valence-corrected chi connectivity index (χ2v) is 4.15. The number of carbonyl (C=O) groups is 1. The van der Waals surface area contributed by atoms with Crippen molar-refractivity contribution in [2.24, 2.45) is 0 Å². The Bertz CT molecular complexity index is 474. The topological polar surface area (TPSA) is 30.0 Å². The molecule has 0 aromatic carbocycles. The third kappa shape index (κ3) is 4.49. The lowest BCUT2D eigenvalue weighted by atomic mass is 10.1. The summed E-state index contributed by atoms with van der Waals surface area (Å²) >= 11 is 0.950. The van der Waals surface area contributed by atoms with Gasteiger partial charge in [-0.25, -0.2) is 0 Å². The molecule has 0 unspecified atom stereocenters. The average molecular weight is 259 g/mol. The number of thioether (sulfide) groups is 1. The van der Waals surface area contributed by atoms with Gasteiger partial charge in [0.05, 0.1) is 16.9 Å². The van der Waals surface area contributed by atoms with Gasteiger partial charge in [-0.05, 0) is 6.07 Å². The van der Waals surface area contributed by atoms with Gasteiger partial charge in [0.25, 0.3) is 0 Å². The van der Waals surface area contributed by atoms with Gasteiger partial charge in [0.15, 0.2) is 5.12 Å². The van der Waals surface area contributed by atoms with E-state index >= 15 is 0 Å². The predicted molar refractivity (Wildman–Crippen MR) is 59.3 cm³/mol. The Morgan fingerprint density at radius 1 is 1.53 bits per heavy atom. The molecule has 17 heavy (non-hydrogen) atoms. The van der Waals surface area contributed by atoms with Crippen molar-refractivity contribution in [3.63, 3.8) is 0 Å². The fourth-order valence-corrected chi connectivity index (χ4v) is 1.36. The first kappa shape index (κ1) is 13.6. The number of nitrogens with zero attached hydrogens (tertiary/aromatic N) is 1. The predicted octanol–water partition coefficient (Wildman–Crippen LogP) is 2.73. The average Bonchev–Trinajstić information content (AvgIpc) is 2.23. The van der Waals surface area contributed by atoms with E-state index in [1.54, 1.807) is 0 Å². The van der Waals surface area contributed by atoms with Gasteiger partial charge >= 0.3 is 6.18 Å². The molecule has 0 aliphatic rings. The van der Waals surface area contributed by atoms with Crippen LogP contribution in [-0.4, -0.2) is 15.9 Å². The summed E-state index contributed by atoms with van der Waals surface area (Å²) in [5.74, 6) is 5.04. The van der Waals surface area contributed by atoms with Gasteiger partial charge in [-0.15, -0.1) is 0 Å². The number of pyridine rings is 1. The molecule has 1 rings (SSSR count). The minimum Gasteiger partial charge on any atom is -0.288 e. The van der Waals surface area contributed by atoms with E-state index in [0.717, 1.165) is 30.2 Å². The van der Waals surface area contributed by atoms with Crippen molar-refractivity contribution in [3.8, 4) is 11.8 Å². The maximum atomic E-state index is 12.5. The summed E-state index contributed by atoms with van der Waals surface area (Å²) in [7, 11) is 0. The Balaban J connectivity index is 2.88. The van der Waals surface area contributed by atoms with Gasteiger partial charge in [0, 0.05) is 19.3 Å². The monoisotopic (exact) mass is 259 g/mol. The molecule has 0 saturated heterocycles. The van der Waals surface area contributed by atoms with E-state index in [9.17, 15) is 18.0 Å². The van der Waals surface area contributed by atoms with E-state index in [1.165, 1.54) is 6.92 Å². The van der Waals surface area contributed by atoms with Gasteiger partial charge in [-0.2, -0.15) is 13.2 Å². The van der Waals surface area contributed by atoms with Crippen LogP contribution in [0, 0.1) is 11.8 Å². The fraction of sp³-hybridized carbons (Fsp3) is 0.273. The van der Waals surface area contributed by atoms with E-state index in [0.29, 0.717) is 0 Å². The molecule has 0 radical (unpaired) electrons. The van der Waals surface area contributed by atoms with Crippen LogP contribution in [0.25, 0.3) is 0 Å². The van der Waals surface area contributed by atoms with Crippen LogP contribution in [-0.2, 0) is 11.0 Å². The zero-order valence-corrected chi connectivity index (χ0v) is 9.65. The maximum absolute atomic E-state index is 12.5. The minimum atomic E-state index is -4.44. The molecule has 0 aliphatic carbocycles. The van der Waals surface area contributed by atoms with Crippen LogP contribution < -0.4 is 0 Å². The lowest BCUT2D eigenvalue weighted by molar-refractivity contribution is -0.137. The van der Waals surface area contributed by atoms with Crippen molar-refractivity contribution < 1.29 is 18.0 Å². The van der Waals surface area contributed by atoms with E-state index < -0.39 is 11.7 Å². The number of carbonyl (C=O) groups excluding carboxylic acids is 1. The van der Waals surface area contributed by atoms with E-state index in [1.807, 2.05) is 0 Å². The van der Waals surface area contributed by atoms with E-state index in [-0.39, 0.29) is 16.4 Å². The molecular weight excluding hydrogens is 251 g/mol. The number of rotatable bonds is 1. The Kier molecular flexibility index (Phi) is 4.58. The molecule has 2 nitrogen and oxygen atoms in total. The molecule has 1 aromatic rings. The first-order valence-corrected chi connectivity index (χ1v) is 5.53. The molecule has 90 valence electrons. The van der Waals surface area contributed by atoms with Gasteiger partial charge in [-0.3, -0.25) is 9.78 Å². The van der Waals surface area contributed by atoms with Gasteiger partial charge in [0.2, 0.25) is 0 Å². The number of aromatic nitrogens is 1. The quantitative estimate of drug-likeness (QED) is 0.726. The summed E-state index contributed by atoms with van der Waals surface area (Å²) in [5.41, 5.74) is -0.989. The van der Waals surface area contributed by atoms with Crippen LogP contribution in [0.15, 0.2) is 18.5 Å². The maximum Gasteiger partial charge on any atom is 0.417 e. The molecule has 0 N–H and O–H groups in total. The van der Waals surface area contributed by atoms with Crippen LogP contribution in [0.5, 0.6) is 0 Å². The molecular formula is C11H8F3NOS. The highest BCUT2D eigenvalue weighted by Gasteiger charge is 2.32. The Hall–Kier alpha value is -1.48. The Morgan fingerprint density at radius 3 is 2.82 bits per heavy atom. The SMILES string of the molecule is CC(=O)SCC#Cc1cnccc1C(F)(F)F. The Morgan fingerprint density at radius 2 is 2.24 bits per heavy atom. The highest BCUT2D eigenvalue weighted by Crippen LogP contribution is 2.30. The van der Waals surface area contributed by atoms with Crippen molar-refractivity contribution in [2.45, 2.75) is 13.1 Å². The standard InChI is InChI=1S/C11H8F3NOS/c1-8(16)17-6-2-3-9-7-15-5-4-10(9)11(12,13)14/h4-5,7H,6H2,1H3. The van der Waals surface area contributed by atoms with Crippen molar-refractivity contribution >= 4 is 16.9 Å². The molecule has 0 atom stereocenters. The molecule has 0 amide bonds. The third-order valence-electron chi connectivity index (χ3n) is 1.70. The number of alkyl halides is 3. The van der Waals surface area contributed by atoms with Crippen molar-refractivity contribution in [2.75, 3.05) is 5.75 Å². The third-order valence-corrected chi connectivity index (χ3v) is 2.39. The summed E-state index contributed by atoms with van der Waals surface area (Å²) in [6.45, 7) is 1.37. The molecule has 6 heteroatoms. The molecule has 1 heterocycles. The van der Waals surface area contributed by atoms with Crippen LogP contribution in [0.3, 0.4) is 0 Å². The zero-order chi connectivity index (χ0) is 12.9. The minimum absolute atomic E-state index is 0.124. The lowest BCUT2D eigenvalue weighted by Crippen LogP contribution is -2.07. The van der Waals surface area contributed by atoms with E-state index in [4.69, 9.17) is 0 Å². The highest BCUT2D eigenvalue weighted by molar-refractivity contribution is 8.13. The molecule has 0 fully saturated rings. The molecule has 0 spiro atoms. The second kappa shape index (κ2) is 5.73. The summed E-state index contributed by atoms with van der Waals surface area (Å²) in [6.07, 6.45) is -2.31. The van der Waals surface area contributed by atoms with Crippen LogP contribution >= 0.6 is 11.8 Å². The largest absolute Gasteiger partial charge is 0.417 e. The molecule has 0 aliphatic heterocycles. The van der Waals surface area contributed by atoms with Crippen LogP contribution in [0.4, 0.5) is 13.2 Å². The number of halogens is 3. The fourth-order valence-electron chi connectivity index (χ4n) is 1.01. The van der Waals surface area contributed by atoms with Gasteiger partial charge in [0.1, 0.15) is 0 Å². The highest BCUT2D eigenvalue weighted by atomic mass is 32.2. The first-order valence-electron chi connectivity index (χ1n) is 4.54. The summed E-state index contributed by atoms with van der Waals surface area (Å²) in [4.78, 5) is 14.2. The number of hydrogen-bond acceptors (Lipinski definition) is 3. The second-order valence-electron chi connectivity index (χ2n) is 3.00. The van der Waals surface area contributed by atoms with Gasteiger partial charge < -0.3 is 0 Å². The first-order chi connectivity index (χ1) is 7.91. The van der Waals surface area contributed by atoms with Crippen molar-refractivity contribution in [1.29, 1.82) is 0 Å². The normalized spacial score (nSPS) is 10.6. The summed E-state index contributed by atoms with van der Waals surface area (Å²) in [5, 5.41) is -0.124. The van der Waals surface area contributed by atoms with Crippen LogP contribution in [0.1, 0.15) is 18.1 Å². The summed E-state index contributed by atoms with van der Waals surface area (Å²) in [6, 6.07) is 0.877. The smallest absolute Gasteiger partial charge is 0.288 e. The van der Waals surface area contributed by atoms with Crippen molar-refractivity contribution in [3.05, 3.63) is 29.6 Å². The molecule has 0 bridgehead atoms.